The van der Waals surface area contributed by atoms with Gasteiger partial charge in [0.2, 0.25) is 0 Å². The Kier molecular flexibility index (Phi) is 16.3. The Hall–Kier alpha value is -3.26. The maximum absolute atomic E-state index is 13.2. The summed E-state index contributed by atoms with van der Waals surface area (Å²) in [6.45, 7) is 21.3. The molecule has 45 heavy (non-hydrogen) atoms. The molecule has 0 spiro atoms. The Morgan fingerprint density at radius 3 is 1.20 bits per heavy atom. The zero-order valence-electron chi connectivity index (χ0n) is 30.2. The van der Waals surface area contributed by atoms with Crippen molar-refractivity contribution in [3.63, 3.8) is 0 Å². The molecule has 0 aromatic heterocycles. The zero-order valence-corrected chi connectivity index (χ0v) is 30.2. The van der Waals surface area contributed by atoms with Crippen molar-refractivity contribution in [2.45, 2.75) is 140 Å². The maximum atomic E-state index is 13.2. The summed E-state index contributed by atoms with van der Waals surface area (Å²) in [4.78, 5) is 26.2. The largest absolute Gasteiger partial charge is 0.289 e. The van der Waals surface area contributed by atoms with E-state index in [1.165, 1.54) is 39.9 Å². The predicted octanol–water partition coefficient (Wildman–Crippen LogP) is 13.0. The molecule has 0 saturated carbocycles. The van der Waals surface area contributed by atoms with Gasteiger partial charge in [-0.2, -0.15) is 0 Å². The topological polar surface area (TPSA) is 34.1 Å². The number of allylic oxidation sites excluding steroid dienone is 14. The first-order valence-electron chi connectivity index (χ1n) is 17.1. The number of Topliss-reactive ketones (excluding diaryl/α,β-unsaturated/α-hetero) is 2. The minimum atomic E-state index is -0.0110. The summed E-state index contributed by atoms with van der Waals surface area (Å²) in [5.41, 5.74) is 13.0. The van der Waals surface area contributed by atoms with E-state index < -0.39 is 0 Å². The van der Waals surface area contributed by atoms with E-state index in [2.05, 4.69) is 84.9 Å². The van der Waals surface area contributed by atoms with Gasteiger partial charge in [0.25, 0.3) is 0 Å². The van der Waals surface area contributed by atoms with Gasteiger partial charge >= 0.3 is 0 Å². The number of fused-ring (bicyclic) bond motifs is 1. The van der Waals surface area contributed by atoms with Crippen molar-refractivity contribution in [2.24, 2.45) is 0 Å². The fourth-order valence-electron chi connectivity index (χ4n) is 5.67. The highest BCUT2D eigenvalue weighted by Gasteiger charge is 2.29. The third kappa shape index (κ3) is 13.3. The van der Waals surface area contributed by atoms with Crippen LogP contribution in [0, 0.1) is 13.8 Å². The molecule has 0 heterocycles. The number of hydrogen-bond acceptors (Lipinski definition) is 2. The Balaban J connectivity index is 1.73. The third-order valence-electron chi connectivity index (χ3n) is 9.06. The number of carbonyl (C=O) groups excluding carboxylic acids is 2. The smallest absolute Gasteiger partial charge is 0.190 e. The number of hydrogen-bond donors (Lipinski definition) is 0. The quantitative estimate of drug-likeness (QED) is 0.165. The number of carbonyl (C=O) groups is 2. The molecule has 0 atom stereocenters. The molecule has 244 valence electrons. The van der Waals surface area contributed by atoms with Crippen molar-refractivity contribution in [1.82, 2.24) is 0 Å². The van der Waals surface area contributed by atoms with Crippen LogP contribution in [0.3, 0.4) is 0 Å². The molecule has 0 amide bonds. The van der Waals surface area contributed by atoms with E-state index in [1.807, 2.05) is 26.0 Å². The minimum absolute atomic E-state index is 0.00346. The molecule has 0 saturated heterocycles. The van der Waals surface area contributed by atoms with Crippen molar-refractivity contribution in [2.75, 3.05) is 0 Å². The molecule has 1 aliphatic rings. The third-order valence-corrected chi connectivity index (χ3v) is 9.06. The minimum Gasteiger partial charge on any atom is -0.289 e. The molecule has 0 radical (unpaired) electrons. The van der Waals surface area contributed by atoms with Gasteiger partial charge in [-0.15, -0.1) is 0 Å². The number of ketones is 2. The normalized spacial score (nSPS) is 15.2. The molecule has 1 aliphatic carbocycles. The van der Waals surface area contributed by atoms with Gasteiger partial charge in [-0.3, -0.25) is 9.59 Å². The van der Waals surface area contributed by atoms with E-state index in [4.69, 9.17) is 0 Å². The van der Waals surface area contributed by atoms with Crippen LogP contribution in [-0.4, -0.2) is 11.6 Å². The van der Waals surface area contributed by atoms with Crippen LogP contribution in [-0.2, 0) is 0 Å². The first kappa shape index (κ1) is 37.9. The molecule has 1 aromatic carbocycles. The summed E-state index contributed by atoms with van der Waals surface area (Å²) in [5, 5.41) is 0. The number of aryl methyl sites for hydroxylation is 2. The lowest BCUT2D eigenvalue weighted by atomic mass is 9.81. The van der Waals surface area contributed by atoms with E-state index in [-0.39, 0.29) is 11.6 Å². The van der Waals surface area contributed by atoms with Crippen LogP contribution in [0.1, 0.15) is 158 Å². The first-order valence-corrected chi connectivity index (χ1v) is 17.1. The molecule has 2 nitrogen and oxygen atoms in total. The predicted molar refractivity (Wildman–Crippen MR) is 196 cm³/mol. The average Bonchev–Trinajstić information content (AvgIpc) is 2.97. The molecular weight excluding hydrogens is 548 g/mol. The SMILES string of the molecule is CC(C)=CCCC(C)=CCCC(C)=CCCC(C)=CCCC(C)=CCCC(C)=CCC1=C(C)C(=O)c2cc(C)c(C)cc2C1=O. The summed E-state index contributed by atoms with van der Waals surface area (Å²) >= 11 is 0. The molecule has 0 fully saturated rings. The van der Waals surface area contributed by atoms with Gasteiger partial charge in [-0.05, 0) is 163 Å². The van der Waals surface area contributed by atoms with E-state index in [9.17, 15) is 9.59 Å². The second-order valence-corrected chi connectivity index (χ2v) is 13.7. The van der Waals surface area contributed by atoms with Crippen LogP contribution >= 0.6 is 0 Å². The van der Waals surface area contributed by atoms with E-state index in [1.54, 1.807) is 6.92 Å². The summed E-state index contributed by atoms with van der Waals surface area (Å²) < 4.78 is 0. The lowest BCUT2D eigenvalue weighted by Crippen LogP contribution is -2.21. The van der Waals surface area contributed by atoms with Crippen LogP contribution in [0.15, 0.2) is 93.2 Å². The lowest BCUT2D eigenvalue weighted by molar-refractivity contribution is 0.0973. The number of benzene rings is 1. The molecule has 0 N–H and O–H groups in total. The molecular formula is C43H60O2. The Morgan fingerprint density at radius 2 is 0.822 bits per heavy atom. The van der Waals surface area contributed by atoms with Gasteiger partial charge < -0.3 is 0 Å². The van der Waals surface area contributed by atoms with Gasteiger partial charge in [-0.1, -0.05) is 69.9 Å². The fourth-order valence-corrected chi connectivity index (χ4v) is 5.67. The van der Waals surface area contributed by atoms with E-state index >= 15 is 0 Å². The molecule has 2 rings (SSSR count). The van der Waals surface area contributed by atoms with Crippen LogP contribution in [0.5, 0.6) is 0 Å². The summed E-state index contributed by atoms with van der Waals surface area (Å²) in [5.74, 6) is -0.00758. The van der Waals surface area contributed by atoms with Gasteiger partial charge in [-0.25, -0.2) is 0 Å². The lowest BCUT2D eigenvalue weighted by Gasteiger charge is -2.20. The second-order valence-electron chi connectivity index (χ2n) is 13.7. The summed E-state index contributed by atoms with van der Waals surface area (Å²) in [6.07, 6.45) is 25.6. The van der Waals surface area contributed by atoms with E-state index in [0.29, 0.717) is 28.7 Å². The maximum Gasteiger partial charge on any atom is 0.190 e. The van der Waals surface area contributed by atoms with Gasteiger partial charge in [0.15, 0.2) is 11.6 Å². The van der Waals surface area contributed by atoms with Crippen LogP contribution in [0.4, 0.5) is 0 Å². The van der Waals surface area contributed by atoms with Crippen molar-refractivity contribution in [3.8, 4) is 0 Å². The van der Waals surface area contributed by atoms with Crippen LogP contribution < -0.4 is 0 Å². The standard InChI is InChI=1S/C43H60O2/c1-30(2)16-11-17-31(3)18-12-19-32(4)20-13-21-33(5)22-14-23-34(6)24-15-25-35(7)26-27-39-38(10)42(44)40-28-36(8)37(9)29-41(40)43(39)45/h16,18,20,22,24,26,28-29H,11-15,17,19,21,23,25,27H2,1-10H3. The highest BCUT2D eigenvalue weighted by Crippen LogP contribution is 2.30. The van der Waals surface area contributed by atoms with Crippen molar-refractivity contribution in [3.05, 3.63) is 115 Å². The zero-order chi connectivity index (χ0) is 33.5. The Bertz CT molecular complexity index is 1420. The number of rotatable bonds is 17. The molecule has 2 heteroatoms. The van der Waals surface area contributed by atoms with Gasteiger partial charge in [0.05, 0.1) is 0 Å². The second kappa shape index (κ2) is 19.3. The van der Waals surface area contributed by atoms with Crippen LogP contribution in [0.2, 0.25) is 0 Å². The summed E-state index contributed by atoms with van der Waals surface area (Å²) in [6, 6.07) is 3.75. The fraction of sp³-hybridized carbons (Fsp3) is 0.488. The van der Waals surface area contributed by atoms with Crippen molar-refractivity contribution >= 4 is 11.6 Å². The Labute approximate surface area is 275 Å². The first-order chi connectivity index (χ1) is 21.3. The Morgan fingerprint density at radius 1 is 0.489 bits per heavy atom. The van der Waals surface area contributed by atoms with Gasteiger partial charge in [0, 0.05) is 22.3 Å². The summed E-state index contributed by atoms with van der Waals surface area (Å²) in [7, 11) is 0. The molecule has 0 aliphatic heterocycles. The van der Waals surface area contributed by atoms with E-state index in [0.717, 1.165) is 68.9 Å². The molecule has 0 unspecified atom stereocenters. The van der Waals surface area contributed by atoms with Crippen molar-refractivity contribution in [1.29, 1.82) is 0 Å². The highest BCUT2D eigenvalue weighted by atomic mass is 16.1. The molecule has 0 bridgehead atoms. The molecule has 1 aromatic rings. The monoisotopic (exact) mass is 608 g/mol. The van der Waals surface area contributed by atoms with Crippen LogP contribution in [0.25, 0.3) is 0 Å². The highest BCUT2D eigenvalue weighted by molar-refractivity contribution is 6.26. The average molecular weight is 609 g/mol. The van der Waals surface area contributed by atoms with Crippen molar-refractivity contribution < 1.29 is 9.59 Å². The van der Waals surface area contributed by atoms with Gasteiger partial charge in [0.1, 0.15) is 0 Å².